The monoisotopic (exact) mass is 317 g/mol. The summed E-state index contributed by atoms with van der Waals surface area (Å²) < 4.78 is 17.1. The average Bonchev–Trinajstić information content (AvgIpc) is 1.46. The third kappa shape index (κ3) is 152. The Morgan fingerprint density at radius 1 is 1.12 bits per heavy atom. The fourth-order valence-corrected chi connectivity index (χ4v) is 0. The van der Waals surface area contributed by atoms with E-state index in [2.05, 4.69) is 10.2 Å². The molecule has 8 heavy (non-hydrogen) atoms. The smallest absolute Gasteiger partial charge is 4.00 e. The van der Waals surface area contributed by atoms with Gasteiger partial charge in [-0.05, 0) is 0 Å². The van der Waals surface area contributed by atoms with E-state index in [4.69, 9.17) is 6.15 Å². The molecule has 0 saturated heterocycles. The van der Waals surface area contributed by atoms with E-state index in [9.17, 15) is 0 Å². The molecule has 7 heteroatoms. The summed E-state index contributed by atoms with van der Waals surface area (Å²) in [5.41, 5.74) is 0. The van der Waals surface area contributed by atoms with E-state index in [0.29, 0.717) is 0 Å². The summed E-state index contributed by atoms with van der Waals surface area (Å²) in [7, 11) is 2.97. The summed E-state index contributed by atoms with van der Waals surface area (Å²) in [4.78, 5) is 0. The van der Waals surface area contributed by atoms with E-state index in [1.807, 2.05) is 0 Å². The Bertz CT molecular complexity index is 37.0. The van der Waals surface area contributed by atoms with Gasteiger partial charge in [0.05, 0.1) is 0 Å². The Labute approximate surface area is 80.6 Å². The molecule has 0 N–H and O–H groups in total. The standard InChI is InChI=1S/CH3Si.4O.Sn.Zr/c1-2;;;;;;/h1H3;;;;;;/q+3;;;2*-2;;+4. The second-order valence-electron chi connectivity index (χ2n) is 0.0833. The van der Waals surface area contributed by atoms with Crippen LogP contribution in [0.1, 0.15) is 0 Å². The van der Waals surface area contributed by atoms with Crippen molar-refractivity contribution < 1.29 is 43.3 Å². The molecule has 0 bridgehead atoms. The van der Waals surface area contributed by atoms with Gasteiger partial charge in [-0.15, -0.1) is 0 Å². The first kappa shape index (κ1) is 34.2. The molecule has 0 saturated carbocycles. The van der Waals surface area contributed by atoms with Crippen LogP contribution in [0.2, 0.25) is 6.55 Å². The van der Waals surface area contributed by atoms with Crippen LogP contribution >= 0.6 is 0 Å². The molecule has 0 aromatic rings. The number of hydrogen-bond acceptors (Lipinski definition) is 2. The largest absolute Gasteiger partial charge is 4.00 e. The Hall–Kier alpha value is 1.42. The van der Waals surface area contributed by atoms with Gasteiger partial charge in [-0.2, -0.15) is 0 Å². The number of rotatable bonds is 0. The van der Waals surface area contributed by atoms with Crippen molar-refractivity contribution in [3.05, 3.63) is 0 Å². The molecule has 0 fully saturated rings. The normalized spacial score (nSPS) is 1.88. The van der Waals surface area contributed by atoms with Crippen molar-refractivity contribution in [2.24, 2.45) is 0 Å². The molecule has 0 radical (unpaired) electrons. The second kappa shape index (κ2) is 79.2. The first-order valence-corrected chi connectivity index (χ1v) is 4.24. The molecule has 0 spiro atoms. The van der Waals surface area contributed by atoms with Crippen molar-refractivity contribution in [1.29, 1.82) is 0 Å². The molecule has 0 aliphatic rings. The van der Waals surface area contributed by atoms with Crippen molar-refractivity contribution in [2.75, 3.05) is 0 Å². The summed E-state index contributed by atoms with van der Waals surface area (Å²) in [5.74, 6) is 0. The molecule has 0 atom stereocenters. The van der Waals surface area contributed by atoms with Crippen molar-refractivity contribution in [1.82, 2.24) is 0 Å². The molecule has 0 aromatic heterocycles. The minimum atomic E-state index is -2.27. The predicted molar refractivity (Wildman–Crippen MR) is 20.1 cm³/mol. The maximum atomic E-state index is 8.54. The SMILES string of the molecule is C[Si+3].[O-2].[O-2].[O]=[Sn]=[O].[Zr+4]. The van der Waals surface area contributed by atoms with Crippen molar-refractivity contribution in [2.45, 2.75) is 6.55 Å². The Balaban J connectivity index is -0.00000000567. The van der Waals surface area contributed by atoms with Crippen LogP contribution in [-0.4, -0.2) is 31.4 Å². The van der Waals surface area contributed by atoms with Crippen LogP contribution < -0.4 is 0 Å². The van der Waals surface area contributed by atoms with Gasteiger partial charge < -0.3 is 11.0 Å². The zero-order chi connectivity index (χ0) is 4.71. The molecule has 0 aromatic carbocycles. The maximum absolute atomic E-state index is 8.54. The van der Waals surface area contributed by atoms with E-state index in [1.165, 1.54) is 0 Å². The zero-order valence-electron chi connectivity index (χ0n) is 4.13. The first-order valence-electron chi connectivity index (χ1n) is 0.908. The van der Waals surface area contributed by atoms with E-state index >= 15 is 0 Å². The van der Waals surface area contributed by atoms with Gasteiger partial charge in [0.1, 0.15) is 0 Å². The van der Waals surface area contributed by atoms with Crippen LogP contribution in [0.15, 0.2) is 0 Å². The molecule has 4 nitrogen and oxygen atoms in total. The maximum Gasteiger partial charge on any atom is 4.00 e. The van der Waals surface area contributed by atoms with Crippen molar-refractivity contribution >= 4 is 31.4 Å². The number of hydrogen-bond donors (Lipinski definition) is 0. The minimum absolute atomic E-state index is 0. The van der Waals surface area contributed by atoms with E-state index < -0.39 is 21.1 Å². The van der Waals surface area contributed by atoms with Gasteiger partial charge in [-0.1, -0.05) is 0 Å². The Morgan fingerprint density at radius 2 is 1.12 bits per heavy atom. The molecule has 0 heterocycles. The minimum Gasteiger partial charge on any atom is 4.00 e. The summed E-state index contributed by atoms with van der Waals surface area (Å²) in [5, 5.41) is 0. The van der Waals surface area contributed by atoms with Gasteiger partial charge in [0.25, 0.3) is 0 Å². The molecule has 0 aliphatic heterocycles. The molecule has 0 aliphatic carbocycles. The van der Waals surface area contributed by atoms with Gasteiger partial charge in [0.15, 0.2) is 0 Å². The Kier molecular flexibility index (Phi) is 338. The summed E-state index contributed by atoms with van der Waals surface area (Å²) in [6.45, 7) is 1.81. The summed E-state index contributed by atoms with van der Waals surface area (Å²) in [6.07, 6.45) is 0. The zero-order valence-corrected chi connectivity index (χ0v) is 10.4. The molecule has 0 amide bonds. The third-order valence-electron chi connectivity index (χ3n) is 0. The van der Waals surface area contributed by atoms with Crippen LogP contribution in [0.4, 0.5) is 0 Å². The molecular weight excluding hydrogens is 314 g/mol. The van der Waals surface area contributed by atoms with Crippen LogP contribution in [0, 0.1) is 0 Å². The van der Waals surface area contributed by atoms with Gasteiger partial charge in [0, 0.05) is 0 Å². The molecule has 0 rings (SSSR count). The summed E-state index contributed by atoms with van der Waals surface area (Å²) >= 11 is -2.27. The fourth-order valence-electron chi connectivity index (χ4n) is 0. The second-order valence-corrected chi connectivity index (χ2v) is 0.559. The molecular formula is CH3O4SiSnZr+3. The van der Waals surface area contributed by atoms with Gasteiger partial charge in [-0.25, -0.2) is 0 Å². The van der Waals surface area contributed by atoms with E-state index in [1.54, 1.807) is 6.55 Å². The predicted octanol–water partition coefficient (Wildman–Crippen LogP) is -0.655. The topological polar surface area (TPSA) is 91.1 Å². The third-order valence-corrected chi connectivity index (χ3v) is 0. The van der Waals surface area contributed by atoms with Crippen molar-refractivity contribution in [3.63, 3.8) is 0 Å². The van der Waals surface area contributed by atoms with E-state index in [-0.39, 0.29) is 37.2 Å². The van der Waals surface area contributed by atoms with Crippen LogP contribution in [0.3, 0.4) is 0 Å². The fraction of sp³-hybridized carbons (Fsp3) is 1.00. The Morgan fingerprint density at radius 3 is 1.12 bits per heavy atom. The van der Waals surface area contributed by atoms with Crippen LogP contribution in [0.25, 0.3) is 0 Å². The van der Waals surface area contributed by atoms with E-state index in [0.717, 1.165) is 0 Å². The van der Waals surface area contributed by atoms with Gasteiger partial charge >= 0.3 is 70.3 Å². The van der Waals surface area contributed by atoms with Crippen LogP contribution in [-0.2, 0) is 43.3 Å². The molecule has 40 valence electrons. The van der Waals surface area contributed by atoms with Gasteiger partial charge in [0.2, 0.25) is 0 Å². The first-order chi connectivity index (χ1) is 2.41. The average molecular weight is 317 g/mol. The van der Waals surface area contributed by atoms with Crippen LogP contribution in [0.5, 0.6) is 0 Å². The molecule has 0 unspecified atom stereocenters. The quantitative estimate of drug-likeness (QED) is 0.555. The van der Waals surface area contributed by atoms with Gasteiger partial charge in [-0.3, -0.25) is 0 Å². The summed E-state index contributed by atoms with van der Waals surface area (Å²) in [6, 6.07) is 0. The van der Waals surface area contributed by atoms with Crippen molar-refractivity contribution in [3.8, 4) is 0 Å².